The van der Waals surface area contributed by atoms with Gasteiger partial charge in [-0.15, -0.1) is 0 Å². The number of rotatable bonds is 12. The average molecular weight is 408 g/mol. The largest absolute Gasteiger partial charge is 0.500 e. The molecule has 0 aliphatic heterocycles. The van der Waals surface area contributed by atoms with Crippen molar-refractivity contribution in [2.24, 2.45) is 0 Å². The first-order valence-corrected chi connectivity index (χ1v) is 18.3. The molecule has 0 saturated heterocycles. The standard InChI is InChI=1S/C18H45NO3Si3/c1-12-20-25(21-13-2,22-14-3)17-15-16-19(23(7,8)9)24(10,11)18(4,5)6/h12-17H2,1-11H3. The fraction of sp³-hybridized carbons (Fsp3) is 1.00. The third kappa shape index (κ3) is 7.56. The van der Waals surface area contributed by atoms with Gasteiger partial charge in [0.05, 0.1) is 0 Å². The van der Waals surface area contributed by atoms with Gasteiger partial charge >= 0.3 is 8.80 Å². The van der Waals surface area contributed by atoms with Crippen LogP contribution in [0.2, 0.25) is 43.8 Å². The predicted molar refractivity (Wildman–Crippen MR) is 117 cm³/mol. The summed E-state index contributed by atoms with van der Waals surface area (Å²) in [4.78, 5) is 0. The summed E-state index contributed by atoms with van der Waals surface area (Å²) in [6.45, 7) is 28.9. The molecule has 0 fully saturated rings. The second-order valence-electron chi connectivity index (χ2n) is 9.22. The summed E-state index contributed by atoms with van der Waals surface area (Å²) in [5, 5.41) is 0.363. The van der Waals surface area contributed by atoms with Gasteiger partial charge in [-0.2, -0.15) is 0 Å². The van der Waals surface area contributed by atoms with Crippen LogP contribution in [0, 0.1) is 0 Å². The van der Waals surface area contributed by atoms with Crippen molar-refractivity contribution in [1.29, 1.82) is 0 Å². The molecule has 0 saturated carbocycles. The van der Waals surface area contributed by atoms with Crippen molar-refractivity contribution in [3.63, 3.8) is 0 Å². The summed E-state index contributed by atoms with van der Waals surface area (Å²) in [7, 11) is -5.45. The first-order valence-electron chi connectivity index (χ1n) is 9.97. The molecule has 25 heavy (non-hydrogen) atoms. The minimum absolute atomic E-state index is 0.363. The Morgan fingerprint density at radius 2 is 1.16 bits per heavy atom. The topological polar surface area (TPSA) is 30.9 Å². The fourth-order valence-electron chi connectivity index (χ4n) is 3.31. The van der Waals surface area contributed by atoms with Crippen molar-refractivity contribution in [3.05, 3.63) is 0 Å². The first kappa shape index (κ1) is 25.5. The van der Waals surface area contributed by atoms with E-state index in [2.05, 4.69) is 57.7 Å². The van der Waals surface area contributed by atoms with Crippen molar-refractivity contribution in [2.75, 3.05) is 26.4 Å². The summed E-state index contributed by atoms with van der Waals surface area (Å²) in [5.41, 5.74) is 0. The van der Waals surface area contributed by atoms with Crippen LogP contribution in [-0.4, -0.2) is 55.9 Å². The minimum Gasteiger partial charge on any atom is -0.374 e. The lowest BCUT2D eigenvalue weighted by Crippen LogP contribution is -2.64. The molecule has 0 rings (SSSR count). The van der Waals surface area contributed by atoms with Gasteiger partial charge in [0, 0.05) is 25.9 Å². The first-order chi connectivity index (χ1) is 11.3. The van der Waals surface area contributed by atoms with E-state index in [4.69, 9.17) is 13.3 Å². The van der Waals surface area contributed by atoms with E-state index in [1.807, 2.05) is 20.8 Å². The van der Waals surface area contributed by atoms with E-state index >= 15 is 0 Å². The van der Waals surface area contributed by atoms with Gasteiger partial charge in [0.15, 0.2) is 0 Å². The molecule has 0 aliphatic rings. The highest BCUT2D eigenvalue weighted by molar-refractivity contribution is 6.91. The van der Waals surface area contributed by atoms with Gasteiger partial charge in [-0.1, -0.05) is 53.5 Å². The van der Waals surface area contributed by atoms with E-state index in [0.717, 1.165) is 19.0 Å². The second-order valence-corrected chi connectivity index (χ2v) is 22.4. The monoisotopic (exact) mass is 407 g/mol. The van der Waals surface area contributed by atoms with Crippen LogP contribution in [0.25, 0.3) is 0 Å². The summed E-state index contributed by atoms with van der Waals surface area (Å²) in [6, 6.07) is 0.915. The van der Waals surface area contributed by atoms with Gasteiger partial charge in [-0.05, 0) is 38.8 Å². The number of hydrogen-bond acceptors (Lipinski definition) is 4. The van der Waals surface area contributed by atoms with Gasteiger partial charge < -0.3 is 17.5 Å². The lowest BCUT2D eigenvalue weighted by atomic mass is 10.2. The molecular formula is C18H45NO3Si3. The molecule has 0 aromatic rings. The SMILES string of the molecule is CCO[Si](CCCN([Si](C)(C)C)[Si](C)(C)C(C)(C)C)(OCC)OCC. The molecular weight excluding hydrogens is 362 g/mol. The van der Waals surface area contributed by atoms with E-state index in [9.17, 15) is 0 Å². The van der Waals surface area contributed by atoms with E-state index < -0.39 is 25.3 Å². The maximum absolute atomic E-state index is 6.03. The molecule has 7 heteroatoms. The molecule has 0 amide bonds. The molecule has 0 atom stereocenters. The summed E-state index contributed by atoms with van der Waals surface area (Å²) in [6.07, 6.45) is 1.09. The molecule has 0 radical (unpaired) electrons. The van der Waals surface area contributed by atoms with Crippen molar-refractivity contribution < 1.29 is 13.3 Å². The second kappa shape index (κ2) is 10.1. The lowest BCUT2D eigenvalue weighted by molar-refractivity contribution is 0.0706. The predicted octanol–water partition coefficient (Wildman–Crippen LogP) is 5.57. The molecule has 0 unspecified atom stereocenters. The Balaban J connectivity index is 5.23. The van der Waals surface area contributed by atoms with Crippen LogP contribution in [0.15, 0.2) is 0 Å². The number of hydrogen-bond donors (Lipinski definition) is 0. The maximum Gasteiger partial charge on any atom is 0.500 e. The molecule has 0 aromatic heterocycles. The maximum atomic E-state index is 6.03. The molecule has 0 spiro atoms. The highest BCUT2D eigenvalue weighted by atomic mass is 28.4. The van der Waals surface area contributed by atoms with Crippen molar-refractivity contribution in [1.82, 2.24) is 4.23 Å². The van der Waals surface area contributed by atoms with Crippen LogP contribution in [0.3, 0.4) is 0 Å². The average Bonchev–Trinajstić information content (AvgIpc) is 2.41. The van der Waals surface area contributed by atoms with E-state index in [1.165, 1.54) is 0 Å². The van der Waals surface area contributed by atoms with Gasteiger partial charge in [0.25, 0.3) is 0 Å². The molecule has 4 nitrogen and oxygen atoms in total. The highest BCUT2D eigenvalue weighted by Crippen LogP contribution is 2.40. The summed E-state index contributed by atoms with van der Waals surface area (Å²) >= 11 is 0. The van der Waals surface area contributed by atoms with Gasteiger partial charge in [-0.3, -0.25) is 0 Å². The smallest absolute Gasteiger partial charge is 0.374 e. The van der Waals surface area contributed by atoms with E-state index in [0.29, 0.717) is 24.9 Å². The zero-order chi connectivity index (χ0) is 19.9. The highest BCUT2D eigenvalue weighted by Gasteiger charge is 2.46. The van der Waals surface area contributed by atoms with Crippen molar-refractivity contribution >= 4 is 25.3 Å². The van der Waals surface area contributed by atoms with Crippen molar-refractivity contribution in [3.8, 4) is 0 Å². The minimum atomic E-state index is -2.52. The van der Waals surface area contributed by atoms with Gasteiger partial charge in [0.2, 0.25) is 0 Å². The summed E-state index contributed by atoms with van der Waals surface area (Å²) in [5.74, 6) is 0. The van der Waals surface area contributed by atoms with Crippen molar-refractivity contribution in [2.45, 2.75) is 91.8 Å². The fourth-order valence-corrected chi connectivity index (χ4v) is 16.0. The Kier molecular flexibility index (Phi) is 10.3. The van der Waals surface area contributed by atoms with Crippen LogP contribution in [0.1, 0.15) is 48.0 Å². The third-order valence-electron chi connectivity index (χ3n) is 5.28. The molecule has 0 N–H and O–H groups in total. The Morgan fingerprint density at radius 3 is 1.44 bits per heavy atom. The van der Waals surface area contributed by atoms with Crippen LogP contribution in [0.4, 0.5) is 0 Å². The zero-order valence-electron chi connectivity index (χ0n) is 18.9. The zero-order valence-corrected chi connectivity index (χ0v) is 21.9. The molecule has 152 valence electrons. The quantitative estimate of drug-likeness (QED) is 0.396. The molecule has 0 bridgehead atoms. The molecule has 0 aromatic carbocycles. The van der Waals surface area contributed by atoms with Gasteiger partial charge in [0.1, 0.15) is 16.5 Å². The summed E-state index contributed by atoms with van der Waals surface area (Å²) < 4.78 is 21.0. The number of nitrogens with zero attached hydrogens (tertiary/aromatic N) is 1. The Hall–Kier alpha value is 0.491. The Bertz CT molecular complexity index is 362. The normalized spacial score (nSPS) is 14.4. The van der Waals surface area contributed by atoms with E-state index in [-0.39, 0.29) is 0 Å². The third-order valence-corrected chi connectivity index (χ3v) is 19.2. The van der Waals surface area contributed by atoms with Crippen LogP contribution >= 0.6 is 0 Å². The lowest BCUT2D eigenvalue weighted by Gasteiger charge is -2.52. The van der Waals surface area contributed by atoms with Crippen LogP contribution < -0.4 is 0 Å². The van der Waals surface area contributed by atoms with Crippen LogP contribution in [0.5, 0.6) is 0 Å². The van der Waals surface area contributed by atoms with Crippen LogP contribution in [-0.2, 0) is 13.3 Å². The Morgan fingerprint density at radius 1 is 0.760 bits per heavy atom. The van der Waals surface area contributed by atoms with E-state index in [1.54, 1.807) is 0 Å². The molecule has 0 aliphatic carbocycles. The molecule has 0 heterocycles. The van der Waals surface area contributed by atoms with Gasteiger partial charge in [-0.25, -0.2) is 0 Å². The Labute approximate surface area is 161 Å².